The molecule has 3 atom stereocenters. The number of Topliss-reactive ketones (excluding diaryl/α,β-unsaturated/α-hetero) is 1. The SMILES string of the molecule is C[C@@H]1CC(=O)CN(Cc2ccccc2)C1.C[C@@H]1C[C@@H](C)CN(Cc2ccccc2)C1. The Labute approximate surface area is 183 Å². The second kappa shape index (κ2) is 11.4. The predicted octanol–water partition coefficient (Wildman–Crippen LogP) is 5.26. The first kappa shape index (κ1) is 22.7. The summed E-state index contributed by atoms with van der Waals surface area (Å²) in [5.74, 6) is 2.61. The van der Waals surface area contributed by atoms with E-state index in [-0.39, 0.29) is 0 Å². The summed E-state index contributed by atoms with van der Waals surface area (Å²) in [5, 5.41) is 0. The largest absolute Gasteiger partial charge is 0.299 e. The quantitative estimate of drug-likeness (QED) is 0.692. The Balaban J connectivity index is 0.000000171. The molecule has 2 heterocycles. The van der Waals surface area contributed by atoms with Crippen molar-refractivity contribution < 1.29 is 4.79 Å². The number of ketones is 1. The van der Waals surface area contributed by atoms with Gasteiger partial charge in [-0.15, -0.1) is 0 Å². The standard InChI is InChI=1S/C14H21N.C13H17NO/c1-12-8-13(2)10-15(9-12)11-14-6-4-3-5-7-14;1-11-7-13(15)10-14(8-11)9-12-5-3-2-4-6-12/h3-7,12-13H,8-11H2,1-2H3;2-6,11H,7-10H2,1H3/t12-,13-;11-/m11/s1. The van der Waals surface area contributed by atoms with E-state index in [0.29, 0.717) is 18.2 Å². The van der Waals surface area contributed by atoms with E-state index in [1.54, 1.807) is 0 Å². The molecule has 0 N–H and O–H groups in total. The Hall–Kier alpha value is -1.97. The van der Waals surface area contributed by atoms with E-state index in [1.165, 1.54) is 30.6 Å². The van der Waals surface area contributed by atoms with Crippen LogP contribution in [0.3, 0.4) is 0 Å². The molecule has 2 saturated heterocycles. The first-order chi connectivity index (χ1) is 14.5. The van der Waals surface area contributed by atoms with Crippen molar-refractivity contribution in [2.45, 2.75) is 46.7 Å². The smallest absolute Gasteiger partial charge is 0.147 e. The topological polar surface area (TPSA) is 23.6 Å². The van der Waals surface area contributed by atoms with Gasteiger partial charge in [-0.2, -0.15) is 0 Å². The van der Waals surface area contributed by atoms with Crippen LogP contribution < -0.4 is 0 Å². The number of nitrogens with zero attached hydrogens (tertiary/aromatic N) is 2. The molecule has 0 saturated carbocycles. The Morgan fingerprint density at radius 3 is 1.67 bits per heavy atom. The number of piperidine rings is 2. The highest BCUT2D eigenvalue weighted by atomic mass is 16.1. The molecular weight excluding hydrogens is 368 g/mol. The van der Waals surface area contributed by atoms with Crippen LogP contribution in [0.4, 0.5) is 0 Å². The highest BCUT2D eigenvalue weighted by Crippen LogP contribution is 2.22. The third kappa shape index (κ3) is 7.70. The van der Waals surface area contributed by atoms with Crippen LogP contribution in [-0.2, 0) is 17.9 Å². The van der Waals surface area contributed by atoms with Crippen molar-refractivity contribution in [2.75, 3.05) is 26.2 Å². The van der Waals surface area contributed by atoms with Gasteiger partial charge in [-0.3, -0.25) is 14.6 Å². The van der Waals surface area contributed by atoms with Crippen LogP contribution >= 0.6 is 0 Å². The lowest BCUT2D eigenvalue weighted by Gasteiger charge is -2.34. The molecule has 0 aliphatic carbocycles. The van der Waals surface area contributed by atoms with E-state index in [2.05, 4.69) is 73.0 Å². The lowest BCUT2D eigenvalue weighted by atomic mass is 9.91. The van der Waals surface area contributed by atoms with E-state index in [9.17, 15) is 4.79 Å². The average molecular weight is 407 g/mol. The van der Waals surface area contributed by atoms with Gasteiger partial charge in [0.05, 0.1) is 6.54 Å². The number of hydrogen-bond donors (Lipinski definition) is 0. The summed E-state index contributed by atoms with van der Waals surface area (Å²) in [7, 11) is 0. The monoisotopic (exact) mass is 406 g/mol. The lowest BCUT2D eigenvalue weighted by molar-refractivity contribution is -0.123. The van der Waals surface area contributed by atoms with Gasteiger partial charge in [-0.25, -0.2) is 0 Å². The third-order valence-electron chi connectivity index (χ3n) is 5.99. The van der Waals surface area contributed by atoms with Crippen LogP contribution in [-0.4, -0.2) is 41.8 Å². The average Bonchev–Trinajstić information content (AvgIpc) is 2.68. The van der Waals surface area contributed by atoms with Gasteiger partial charge in [0.2, 0.25) is 0 Å². The molecule has 0 unspecified atom stereocenters. The first-order valence-corrected chi connectivity index (χ1v) is 11.5. The van der Waals surface area contributed by atoms with Gasteiger partial charge in [0, 0.05) is 39.1 Å². The molecule has 2 aliphatic rings. The number of likely N-dealkylation sites (tertiary alicyclic amines) is 2. The Morgan fingerprint density at radius 1 is 0.700 bits per heavy atom. The van der Waals surface area contributed by atoms with Crippen LogP contribution in [0.5, 0.6) is 0 Å². The molecule has 2 fully saturated rings. The van der Waals surface area contributed by atoms with Crippen LogP contribution in [0.15, 0.2) is 60.7 Å². The Kier molecular flexibility index (Phi) is 8.65. The van der Waals surface area contributed by atoms with E-state index in [0.717, 1.165) is 37.9 Å². The molecule has 4 rings (SSSR count). The summed E-state index contributed by atoms with van der Waals surface area (Å²) in [6.45, 7) is 13.1. The minimum atomic E-state index is 0.379. The first-order valence-electron chi connectivity index (χ1n) is 11.5. The molecule has 30 heavy (non-hydrogen) atoms. The molecule has 162 valence electrons. The van der Waals surface area contributed by atoms with E-state index in [1.807, 2.05) is 18.2 Å². The summed E-state index contributed by atoms with van der Waals surface area (Å²) in [6.07, 6.45) is 2.15. The highest BCUT2D eigenvalue weighted by molar-refractivity contribution is 5.81. The molecule has 3 nitrogen and oxygen atoms in total. The second-order valence-corrected chi connectivity index (χ2v) is 9.63. The minimum absolute atomic E-state index is 0.379. The van der Waals surface area contributed by atoms with Crippen LogP contribution in [0.1, 0.15) is 44.7 Å². The van der Waals surface area contributed by atoms with E-state index >= 15 is 0 Å². The van der Waals surface area contributed by atoms with Crippen molar-refractivity contribution in [3.8, 4) is 0 Å². The van der Waals surface area contributed by atoms with Gasteiger partial charge in [0.1, 0.15) is 5.78 Å². The zero-order valence-corrected chi connectivity index (χ0v) is 19.0. The fraction of sp³-hybridized carbons (Fsp3) is 0.519. The zero-order valence-electron chi connectivity index (χ0n) is 19.0. The molecule has 0 amide bonds. The van der Waals surface area contributed by atoms with Gasteiger partial charge in [-0.1, -0.05) is 81.4 Å². The lowest BCUT2D eigenvalue weighted by Crippen LogP contribution is -2.39. The van der Waals surface area contributed by atoms with Crippen molar-refractivity contribution in [3.63, 3.8) is 0 Å². The molecule has 0 aromatic heterocycles. The summed E-state index contributed by atoms with van der Waals surface area (Å²) >= 11 is 0. The molecule has 0 bridgehead atoms. The molecule has 2 aromatic rings. The highest BCUT2D eigenvalue weighted by Gasteiger charge is 2.22. The molecule has 3 heteroatoms. The molecule has 2 aromatic carbocycles. The normalized spacial score (nSPS) is 25.4. The molecule has 2 aliphatic heterocycles. The molecule has 0 radical (unpaired) electrons. The van der Waals surface area contributed by atoms with Crippen molar-refractivity contribution in [3.05, 3.63) is 71.8 Å². The zero-order chi connectivity index (χ0) is 21.3. The summed E-state index contributed by atoms with van der Waals surface area (Å²) in [6, 6.07) is 21.1. The van der Waals surface area contributed by atoms with Gasteiger partial charge >= 0.3 is 0 Å². The number of benzene rings is 2. The third-order valence-corrected chi connectivity index (χ3v) is 5.99. The van der Waals surface area contributed by atoms with Crippen LogP contribution in [0.25, 0.3) is 0 Å². The van der Waals surface area contributed by atoms with E-state index in [4.69, 9.17) is 0 Å². The fourth-order valence-electron chi connectivity index (χ4n) is 5.00. The number of hydrogen-bond acceptors (Lipinski definition) is 3. The summed E-state index contributed by atoms with van der Waals surface area (Å²) < 4.78 is 0. The Morgan fingerprint density at radius 2 is 1.17 bits per heavy atom. The van der Waals surface area contributed by atoms with Gasteiger partial charge in [0.15, 0.2) is 0 Å². The van der Waals surface area contributed by atoms with Crippen LogP contribution in [0.2, 0.25) is 0 Å². The number of carbonyl (C=O) groups excluding carboxylic acids is 1. The van der Waals surface area contributed by atoms with Gasteiger partial charge < -0.3 is 0 Å². The van der Waals surface area contributed by atoms with Crippen molar-refractivity contribution >= 4 is 5.78 Å². The van der Waals surface area contributed by atoms with Crippen molar-refractivity contribution in [1.29, 1.82) is 0 Å². The molecular formula is C27H38N2O. The summed E-state index contributed by atoms with van der Waals surface area (Å²) in [4.78, 5) is 16.3. The maximum absolute atomic E-state index is 11.4. The van der Waals surface area contributed by atoms with Gasteiger partial charge in [0.25, 0.3) is 0 Å². The predicted molar refractivity (Wildman–Crippen MR) is 125 cm³/mol. The number of carbonyl (C=O) groups is 1. The van der Waals surface area contributed by atoms with Crippen molar-refractivity contribution in [1.82, 2.24) is 9.80 Å². The van der Waals surface area contributed by atoms with E-state index < -0.39 is 0 Å². The minimum Gasteiger partial charge on any atom is -0.299 e. The Bertz CT molecular complexity index is 751. The second-order valence-electron chi connectivity index (χ2n) is 9.63. The maximum Gasteiger partial charge on any atom is 0.147 e. The van der Waals surface area contributed by atoms with Gasteiger partial charge in [-0.05, 0) is 35.3 Å². The molecule has 0 spiro atoms. The number of rotatable bonds is 4. The summed E-state index contributed by atoms with van der Waals surface area (Å²) in [5.41, 5.74) is 2.73. The van der Waals surface area contributed by atoms with Crippen molar-refractivity contribution in [2.24, 2.45) is 17.8 Å². The fourth-order valence-corrected chi connectivity index (χ4v) is 5.00. The maximum atomic E-state index is 11.4. The van der Waals surface area contributed by atoms with Crippen LogP contribution in [0, 0.1) is 17.8 Å².